The second-order valence-electron chi connectivity index (χ2n) is 13.1. The van der Waals surface area contributed by atoms with Gasteiger partial charge in [-0.05, 0) is 91.4 Å². The SMILES string of the molecule is [N-]=[N+]=NC[C@]12CCC3C4C=CC(C(=O)NCC5(C(=O)N=O)CCCC5)=CC4CC[C@@]3(N)C1CC=C2C1=CC(F)=CNC1. The van der Waals surface area contributed by atoms with E-state index >= 15 is 0 Å². The molecule has 3 saturated carbocycles. The maximum atomic E-state index is 14.2. The van der Waals surface area contributed by atoms with E-state index in [0.29, 0.717) is 31.5 Å². The molecule has 0 saturated heterocycles. The Morgan fingerprint density at radius 2 is 2.02 bits per heavy atom. The number of nitrogens with one attached hydrogen (secondary N) is 2. The lowest BCUT2D eigenvalue weighted by Gasteiger charge is -2.60. The molecule has 0 spiro atoms. The lowest BCUT2D eigenvalue weighted by Crippen LogP contribution is -2.65. The van der Waals surface area contributed by atoms with E-state index in [0.717, 1.165) is 56.1 Å². The molecule has 0 aromatic heterocycles. The van der Waals surface area contributed by atoms with Crippen molar-refractivity contribution in [2.24, 2.45) is 50.5 Å². The van der Waals surface area contributed by atoms with Gasteiger partial charge in [0.2, 0.25) is 0 Å². The van der Waals surface area contributed by atoms with Gasteiger partial charge in [-0.25, -0.2) is 4.39 Å². The molecule has 1 heterocycles. The van der Waals surface area contributed by atoms with Crippen molar-refractivity contribution in [3.8, 4) is 0 Å². The van der Waals surface area contributed by atoms with Crippen LogP contribution in [0.5, 0.6) is 0 Å². The van der Waals surface area contributed by atoms with Crippen LogP contribution < -0.4 is 16.4 Å². The first-order valence-corrected chi connectivity index (χ1v) is 15.1. The Morgan fingerprint density at radius 3 is 2.76 bits per heavy atom. The van der Waals surface area contributed by atoms with E-state index in [-0.39, 0.29) is 42.0 Å². The molecule has 5 aliphatic carbocycles. The van der Waals surface area contributed by atoms with Crippen LogP contribution in [0.3, 0.4) is 0 Å². The molecule has 11 heteroatoms. The molecule has 222 valence electrons. The van der Waals surface area contributed by atoms with E-state index in [4.69, 9.17) is 5.73 Å². The number of amides is 2. The van der Waals surface area contributed by atoms with E-state index in [2.05, 4.69) is 44.1 Å². The van der Waals surface area contributed by atoms with E-state index in [1.54, 1.807) is 6.08 Å². The van der Waals surface area contributed by atoms with E-state index in [1.807, 2.05) is 6.08 Å². The maximum Gasteiger partial charge on any atom is 0.294 e. The second-order valence-corrected chi connectivity index (χ2v) is 13.1. The van der Waals surface area contributed by atoms with Gasteiger partial charge in [0.1, 0.15) is 5.83 Å². The minimum absolute atomic E-state index is 0.0636. The number of allylic oxidation sites excluding steroid dienone is 5. The molecule has 4 unspecified atom stereocenters. The molecule has 2 amide bonds. The number of nitrogens with two attached hydrogens (primary N) is 1. The first kappa shape index (κ1) is 28.6. The van der Waals surface area contributed by atoms with Gasteiger partial charge in [-0.1, -0.05) is 42.3 Å². The Labute approximate surface area is 244 Å². The van der Waals surface area contributed by atoms with E-state index in [1.165, 1.54) is 6.20 Å². The summed E-state index contributed by atoms with van der Waals surface area (Å²) < 4.78 is 14.2. The molecule has 3 fully saturated rings. The van der Waals surface area contributed by atoms with Gasteiger partial charge in [0.05, 0.1) is 5.41 Å². The van der Waals surface area contributed by atoms with Crippen molar-refractivity contribution in [1.82, 2.24) is 10.6 Å². The van der Waals surface area contributed by atoms with Crippen LogP contribution in [0.2, 0.25) is 0 Å². The number of carbonyl (C=O) groups is 2. The molecule has 1 aliphatic heterocycles. The minimum atomic E-state index is -0.882. The normalized spacial score (nSPS) is 36.0. The van der Waals surface area contributed by atoms with Crippen molar-refractivity contribution < 1.29 is 14.0 Å². The van der Waals surface area contributed by atoms with Crippen molar-refractivity contribution >= 4 is 11.8 Å². The number of carbonyl (C=O) groups excluding carboxylic acids is 2. The molecule has 0 bridgehead atoms. The van der Waals surface area contributed by atoms with Crippen LogP contribution in [0.1, 0.15) is 57.8 Å². The minimum Gasteiger partial charge on any atom is -0.384 e. The Hall–Kier alpha value is -3.56. The first-order chi connectivity index (χ1) is 20.3. The molecule has 10 nitrogen and oxygen atoms in total. The molecular weight excluding hydrogens is 537 g/mol. The van der Waals surface area contributed by atoms with Crippen molar-refractivity contribution in [3.63, 3.8) is 0 Å². The van der Waals surface area contributed by atoms with Crippen molar-refractivity contribution in [3.05, 3.63) is 74.5 Å². The highest BCUT2D eigenvalue weighted by Gasteiger charge is 2.62. The topological polar surface area (TPSA) is 162 Å². The van der Waals surface area contributed by atoms with Crippen LogP contribution in [0.15, 0.2) is 69.4 Å². The maximum absolute atomic E-state index is 14.2. The fourth-order valence-corrected chi connectivity index (χ4v) is 9.32. The molecular formula is C31H38FN7O3. The molecule has 0 aromatic carbocycles. The molecule has 6 aliphatic rings. The number of rotatable bonds is 7. The molecule has 6 rings (SSSR count). The Kier molecular flexibility index (Phi) is 7.43. The van der Waals surface area contributed by atoms with Crippen molar-refractivity contribution in [2.75, 3.05) is 19.6 Å². The predicted molar refractivity (Wildman–Crippen MR) is 156 cm³/mol. The molecule has 0 aromatic rings. The number of hydrogen-bond donors (Lipinski definition) is 3. The number of nitrogens with zero attached hydrogens (tertiary/aromatic N) is 4. The third-order valence-electron chi connectivity index (χ3n) is 11.3. The molecule has 42 heavy (non-hydrogen) atoms. The summed E-state index contributed by atoms with van der Waals surface area (Å²) in [7, 11) is 0. The number of azide groups is 1. The number of dihydropyridines is 1. The summed E-state index contributed by atoms with van der Waals surface area (Å²) >= 11 is 0. The second kappa shape index (κ2) is 10.9. The van der Waals surface area contributed by atoms with Gasteiger partial charge in [-0.3, -0.25) is 9.59 Å². The standard InChI is InChI=1S/C31H38FN7O3/c32-22-14-21(15-35-16-22)24-5-6-26-30(24,18-37-39-34)11-8-25-23-4-3-20(13-19(23)7-12-31(25,26)33)27(40)36-17-29(28(41)38-42)9-1-2-10-29/h3-5,13-14,16,19,23,25-26,35H,1-2,6-12,15,17-18,33H2,(H,36,40)/t19?,23?,25?,26?,30-,31-/m0/s1. The van der Waals surface area contributed by atoms with Gasteiger partial charge in [-0.15, -0.1) is 4.91 Å². The third-order valence-corrected chi connectivity index (χ3v) is 11.3. The quantitative estimate of drug-likeness (QED) is 0.165. The Morgan fingerprint density at radius 1 is 1.21 bits per heavy atom. The summed E-state index contributed by atoms with van der Waals surface area (Å²) in [5.74, 6) is -0.626. The summed E-state index contributed by atoms with van der Waals surface area (Å²) in [6, 6.07) is 0. The summed E-state index contributed by atoms with van der Waals surface area (Å²) in [5.41, 5.74) is 17.4. The van der Waals surface area contributed by atoms with Crippen molar-refractivity contribution in [1.29, 1.82) is 0 Å². The van der Waals surface area contributed by atoms with Gasteiger partial charge in [-0.2, -0.15) is 0 Å². The van der Waals surface area contributed by atoms with Crippen LogP contribution >= 0.6 is 0 Å². The average molecular weight is 576 g/mol. The highest BCUT2D eigenvalue weighted by Crippen LogP contribution is 2.64. The van der Waals surface area contributed by atoms with Gasteiger partial charge in [0, 0.05) is 52.4 Å². The monoisotopic (exact) mass is 575 g/mol. The molecule has 0 radical (unpaired) electrons. The summed E-state index contributed by atoms with van der Waals surface area (Å²) in [6.45, 7) is 0.946. The Balaban J connectivity index is 1.19. The van der Waals surface area contributed by atoms with Gasteiger partial charge in [0.15, 0.2) is 0 Å². The van der Waals surface area contributed by atoms with Crippen LogP contribution in [0.25, 0.3) is 10.4 Å². The fraction of sp³-hybridized carbons (Fsp3) is 0.613. The first-order valence-electron chi connectivity index (χ1n) is 15.1. The van der Waals surface area contributed by atoms with E-state index < -0.39 is 22.3 Å². The smallest absolute Gasteiger partial charge is 0.294 e. The molecule has 6 atom stereocenters. The Bertz CT molecular complexity index is 1390. The van der Waals surface area contributed by atoms with Crippen LogP contribution in [0, 0.1) is 39.4 Å². The van der Waals surface area contributed by atoms with Crippen LogP contribution in [-0.2, 0) is 9.59 Å². The van der Waals surface area contributed by atoms with Gasteiger partial charge >= 0.3 is 0 Å². The zero-order valence-electron chi connectivity index (χ0n) is 23.7. The summed E-state index contributed by atoms with van der Waals surface area (Å²) in [4.78, 5) is 39.5. The lowest BCUT2D eigenvalue weighted by atomic mass is 9.46. The largest absolute Gasteiger partial charge is 0.384 e. The number of fused-ring (bicyclic) bond motifs is 5. The lowest BCUT2D eigenvalue weighted by molar-refractivity contribution is -0.127. The van der Waals surface area contributed by atoms with Gasteiger partial charge in [0.25, 0.3) is 11.8 Å². The number of hydrogen-bond acceptors (Lipinski definition) is 6. The highest BCUT2D eigenvalue weighted by atomic mass is 19.1. The summed E-state index contributed by atoms with van der Waals surface area (Å²) in [5, 5.41) is 12.7. The van der Waals surface area contributed by atoms with Crippen LogP contribution in [0.4, 0.5) is 4.39 Å². The van der Waals surface area contributed by atoms with Crippen molar-refractivity contribution in [2.45, 2.75) is 63.3 Å². The zero-order chi connectivity index (χ0) is 29.5. The number of nitroso groups, excluding NO2 is 1. The number of halogens is 1. The summed E-state index contributed by atoms with van der Waals surface area (Å²) in [6.07, 6.45) is 18.0. The molecule has 4 N–H and O–H groups in total. The van der Waals surface area contributed by atoms with Gasteiger partial charge < -0.3 is 16.4 Å². The third kappa shape index (κ3) is 4.54. The van der Waals surface area contributed by atoms with Crippen LogP contribution in [-0.4, -0.2) is 37.0 Å². The predicted octanol–water partition coefficient (Wildman–Crippen LogP) is 5.17. The highest BCUT2D eigenvalue weighted by molar-refractivity contribution is 5.97. The van der Waals surface area contributed by atoms with E-state index in [9.17, 15) is 24.4 Å². The zero-order valence-corrected chi connectivity index (χ0v) is 23.7. The average Bonchev–Trinajstić information content (AvgIpc) is 3.65. The fourth-order valence-electron chi connectivity index (χ4n) is 9.32.